The molecule has 3 rings (SSSR count). The Hall–Kier alpha value is -2.99. The quantitative estimate of drug-likeness (QED) is 0.684. The molecule has 2 amide bonds. The van der Waals surface area contributed by atoms with Gasteiger partial charge in [-0.25, -0.2) is 9.59 Å². The topological polar surface area (TPSA) is 76.7 Å². The Morgan fingerprint density at radius 3 is 2.52 bits per heavy atom. The van der Waals surface area contributed by atoms with Crippen LogP contribution in [0, 0.1) is 0 Å². The van der Waals surface area contributed by atoms with Gasteiger partial charge < -0.3 is 20.1 Å². The first kappa shape index (κ1) is 20.7. The molecule has 152 valence electrons. The van der Waals surface area contributed by atoms with Crippen molar-refractivity contribution in [3.63, 3.8) is 0 Å². The van der Waals surface area contributed by atoms with E-state index in [-0.39, 0.29) is 6.10 Å². The normalized spacial score (nSPS) is 16.3. The van der Waals surface area contributed by atoms with Gasteiger partial charge in [-0.15, -0.1) is 0 Å². The maximum absolute atomic E-state index is 13.0. The average molecular weight is 415 g/mol. The molecule has 1 atom stereocenters. The highest BCUT2D eigenvalue weighted by Crippen LogP contribution is 2.35. The minimum atomic E-state index is -0.724. The number of benzene rings is 2. The number of urea groups is 1. The number of ether oxygens (including phenoxy) is 2. The van der Waals surface area contributed by atoms with Crippen molar-refractivity contribution in [1.82, 2.24) is 10.6 Å². The van der Waals surface area contributed by atoms with Crippen LogP contribution in [-0.2, 0) is 9.53 Å². The van der Waals surface area contributed by atoms with Crippen LogP contribution in [0.5, 0.6) is 5.75 Å². The van der Waals surface area contributed by atoms with Crippen molar-refractivity contribution < 1.29 is 19.1 Å². The van der Waals surface area contributed by atoms with Gasteiger partial charge >= 0.3 is 12.0 Å². The van der Waals surface area contributed by atoms with Gasteiger partial charge in [0.05, 0.1) is 35.0 Å². The predicted molar refractivity (Wildman–Crippen MR) is 112 cm³/mol. The number of carbonyl (C=O) groups is 2. The van der Waals surface area contributed by atoms with Crippen LogP contribution in [0.2, 0.25) is 5.02 Å². The van der Waals surface area contributed by atoms with Crippen LogP contribution < -0.4 is 15.4 Å². The van der Waals surface area contributed by atoms with Gasteiger partial charge in [0.2, 0.25) is 0 Å². The Balaban J connectivity index is 2.14. The van der Waals surface area contributed by atoms with E-state index < -0.39 is 18.0 Å². The van der Waals surface area contributed by atoms with Crippen LogP contribution in [0.3, 0.4) is 0 Å². The number of halogens is 1. The number of hydrogen-bond donors (Lipinski definition) is 2. The molecule has 7 heteroatoms. The lowest BCUT2D eigenvalue weighted by atomic mass is 9.92. The summed E-state index contributed by atoms with van der Waals surface area (Å²) in [5.41, 5.74) is 2.08. The van der Waals surface area contributed by atoms with Gasteiger partial charge in [0.25, 0.3) is 0 Å². The standard InChI is InChI=1S/C22H23ClN2O4/c1-4-28-17-11-10-15(12-16(17)23)20-18(21(26)29-13(2)3)19(24-22(27)25-20)14-8-6-5-7-9-14/h5-13,20H,4H2,1-3H3,(H2,24,25,27). The highest BCUT2D eigenvalue weighted by atomic mass is 35.5. The van der Waals surface area contributed by atoms with Gasteiger partial charge in [0.1, 0.15) is 5.75 Å². The smallest absolute Gasteiger partial charge is 0.338 e. The number of nitrogens with one attached hydrogen (secondary N) is 2. The summed E-state index contributed by atoms with van der Waals surface area (Å²) in [6.45, 7) is 5.90. The van der Waals surface area contributed by atoms with E-state index in [1.807, 2.05) is 37.3 Å². The molecule has 0 saturated heterocycles. The maximum atomic E-state index is 13.0. The molecule has 2 aromatic rings. The molecule has 2 N–H and O–H groups in total. The highest BCUT2D eigenvalue weighted by molar-refractivity contribution is 6.32. The second-order valence-electron chi connectivity index (χ2n) is 6.76. The molecule has 6 nitrogen and oxygen atoms in total. The lowest BCUT2D eigenvalue weighted by Gasteiger charge is -2.30. The second kappa shape index (κ2) is 9.01. The first-order valence-corrected chi connectivity index (χ1v) is 9.78. The van der Waals surface area contributed by atoms with Crippen LogP contribution in [0.15, 0.2) is 54.1 Å². The summed E-state index contributed by atoms with van der Waals surface area (Å²) in [4.78, 5) is 25.4. The Morgan fingerprint density at radius 2 is 1.90 bits per heavy atom. The van der Waals surface area contributed by atoms with Crippen molar-refractivity contribution in [2.75, 3.05) is 6.61 Å². The van der Waals surface area contributed by atoms with Gasteiger partial charge in [0.15, 0.2) is 0 Å². The molecule has 1 aliphatic heterocycles. The van der Waals surface area contributed by atoms with Crippen molar-refractivity contribution in [2.45, 2.75) is 32.9 Å². The Morgan fingerprint density at radius 1 is 1.17 bits per heavy atom. The Labute approximate surface area is 174 Å². The number of hydrogen-bond acceptors (Lipinski definition) is 4. The number of amides is 2. The van der Waals surface area contributed by atoms with Crippen molar-refractivity contribution in [3.05, 3.63) is 70.3 Å². The van der Waals surface area contributed by atoms with E-state index in [9.17, 15) is 9.59 Å². The first-order chi connectivity index (χ1) is 13.9. The van der Waals surface area contributed by atoms with Crippen LogP contribution in [0.1, 0.15) is 37.9 Å². The summed E-state index contributed by atoms with van der Waals surface area (Å²) >= 11 is 6.34. The summed E-state index contributed by atoms with van der Waals surface area (Å²) in [7, 11) is 0. The third kappa shape index (κ3) is 4.71. The lowest BCUT2D eigenvalue weighted by Crippen LogP contribution is -2.45. The molecular weight excluding hydrogens is 392 g/mol. The van der Waals surface area contributed by atoms with E-state index in [0.717, 1.165) is 0 Å². The van der Waals surface area contributed by atoms with E-state index in [0.29, 0.717) is 39.8 Å². The van der Waals surface area contributed by atoms with Gasteiger partial charge in [-0.1, -0.05) is 48.0 Å². The Bertz CT molecular complexity index is 941. The summed E-state index contributed by atoms with van der Waals surface area (Å²) in [5.74, 6) is 0.0260. The Kier molecular flexibility index (Phi) is 6.44. The number of carbonyl (C=O) groups excluding carboxylic acids is 2. The molecule has 0 aliphatic carbocycles. The molecule has 0 bridgehead atoms. The van der Waals surface area contributed by atoms with Crippen LogP contribution >= 0.6 is 11.6 Å². The predicted octanol–water partition coefficient (Wildman–Crippen LogP) is 4.46. The molecular formula is C22H23ClN2O4. The van der Waals surface area contributed by atoms with Crippen LogP contribution in [-0.4, -0.2) is 24.7 Å². The van der Waals surface area contributed by atoms with Crippen LogP contribution in [0.25, 0.3) is 5.70 Å². The van der Waals surface area contributed by atoms with E-state index >= 15 is 0 Å². The molecule has 29 heavy (non-hydrogen) atoms. The zero-order valence-corrected chi connectivity index (χ0v) is 17.2. The molecule has 0 aromatic heterocycles. The molecule has 0 radical (unpaired) electrons. The maximum Gasteiger partial charge on any atom is 0.338 e. The third-order valence-electron chi connectivity index (χ3n) is 4.29. The van der Waals surface area contributed by atoms with Crippen molar-refractivity contribution in [2.24, 2.45) is 0 Å². The summed E-state index contributed by atoms with van der Waals surface area (Å²) in [6.07, 6.45) is -0.311. The minimum Gasteiger partial charge on any atom is -0.492 e. The van der Waals surface area contributed by atoms with E-state index in [1.165, 1.54) is 0 Å². The fourth-order valence-corrected chi connectivity index (χ4v) is 3.36. The third-order valence-corrected chi connectivity index (χ3v) is 4.58. The molecule has 1 aliphatic rings. The van der Waals surface area contributed by atoms with Gasteiger partial charge in [-0.2, -0.15) is 0 Å². The lowest BCUT2D eigenvalue weighted by molar-refractivity contribution is -0.143. The van der Waals surface area contributed by atoms with Gasteiger partial charge in [-0.3, -0.25) is 0 Å². The molecule has 0 fully saturated rings. The average Bonchev–Trinajstić information content (AvgIpc) is 2.69. The molecule has 0 saturated carbocycles. The largest absolute Gasteiger partial charge is 0.492 e. The fourth-order valence-electron chi connectivity index (χ4n) is 3.11. The summed E-state index contributed by atoms with van der Waals surface area (Å²) < 4.78 is 11.0. The molecule has 2 aromatic carbocycles. The molecule has 0 spiro atoms. The minimum absolute atomic E-state index is 0.310. The van der Waals surface area contributed by atoms with Crippen molar-refractivity contribution >= 4 is 29.3 Å². The zero-order valence-electron chi connectivity index (χ0n) is 16.5. The summed E-state index contributed by atoms with van der Waals surface area (Å²) in [5, 5.41) is 5.96. The number of rotatable bonds is 6. The molecule has 1 heterocycles. The summed E-state index contributed by atoms with van der Waals surface area (Å²) in [6, 6.07) is 13.2. The molecule has 1 unspecified atom stereocenters. The van der Waals surface area contributed by atoms with E-state index in [4.69, 9.17) is 21.1 Å². The second-order valence-corrected chi connectivity index (χ2v) is 7.17. The zero-order chi connectivity index (χ0) is 21.0. The van der Waals surface area contributed by atoms with E-state index in [1.54, 1.807) is 32.0 Å². The van der Waals surface area contributed by atoms with Gasteiger partial charge in [-0.05, 0) is 44.0 Å². The van der Waals surface area contributed by atoms with Crippen molar-refractivity contribution in [3.8, 4) is 5.75 Å². The SMILES string of the molecule is CCOc1ccc(C2NC(=O)NC(c3ccccc3)=C2C(=O)OC(C)C)cc1Cl. The highest BCUT2D eigenvalue weighted by Gasteiger charge is 2.35. The van der Waals surface area contributed by atoms with Gasteiger partial charge in [0, 0.05) is 0 Å². The monoisotopic (exact) mass is 414 g/mol. The number of esters is 1. The van der Waals surface area contributed by atoms with Crippen LogP contribution in [0.4, 0.5) is 4.79 Å². The van der Waals surface area contributed by atoms with E-state index in [2.05, 4.69) is 10.6 Å². The fraction of sp³-hybridized carbons (Fsp3) is 0.273. The first-order valence-electron chi connectivity index (χ1n) is 9.41. The van der Waals surface area contributed by atoms with Crippen molar-refractivity contribution in [1.29, 1.82) is 0 Å².